The summed E-state index contributed by atoms with van der Waals surface area (Å²) in [6, 6.07) is 6.63. The van der Waals surface area contributed by atoms with Crippen molar-refractivity contribution in [3.63, 3.8) is 0 Å². The zero-order chi connectivity index (χ0) is 17.2. The van der Waals surface area contributed by atoms with Crippen molar-refractivity contribution in [2.45, 2.75) is 31.4 Å². The third-order valence-electron chi connectivity index (χ3n) is 4.90. The van der Waals surface area contributed by atoms with Crippen LogP contribution in [0.15, 0.2) is 43.0 Å². The first kappa shape index (κ1) is 16.6. The SMILES string of the molecule is CO[C@](C)(C(=O)N1CCC(n2ccnc2)CC1)c1ccccc1F. The number of methoxy groups -OCH3 is 1. The standard InChI is InChI=1S/C18H22FN3O2/c1-18(24-2,15-5-3-4-6-16(15)19)17(23)21-10-7-14(8-11-21)22-12-9-20-13-22/h3-6,9,12-14H,7-8,10-11H2,1-2H3/t18-/m0/s1. The highest BCUT2D eigenvalue weighted by atomic mass is 19.1. The Morgan fingerprint density at radius 3 is 2.62 bits per heavy atom. The van der Waals surface area contributed by atoms with Crippen LogP contribution in [0.5, 0.6) is 0 Å². The zero-order valence-electron chi connectivity index (χ0n) is 14.0. The lowest BCUT2D eigenvalue weighted by Crippen LogP contribution is -2.49. The maximum atomic E-state index is 14.2. The number of aromatic nitrogens is 2. The molecular weight excluding hydrogens is 309 g/mol. The van der Waals surface area contributed by atoms with Crippen LogP contribution >= 0.6 is 0 Å². The van der Waals surface area contributed by atoms with Crippen molar-refractivity contribution < 1.29 is 13.9 Å². The van der Waals surface area contributed by atoms with Crippen LogP contribution < -0.4 is 0 Å². The van der Waals surface area contributed by atoms with E-state index in [2.05, 4.69) is 9.55 Å². The average Bonchev–Trinajstić information content (AvgIpc) is 3.15. The van der Waals surface area contributed by atoms with Crippen LogP contribution in [-0.4, -0.2) is 40.6 Å². The van der Waals surface area contributed by atoms with Crippen LogP contribution in [0.2, 0.25) is 0 Å². The number of hydrogen-bond donors (Lipinski definition) is 0. The predicted molar refractivity (Wildman–Crippen MR) is 87.8 cm³/mol. The average molecular weight is 331 g/mol. The van der Waals surface area contributed by atoms with Gasteiger partial charge in [-0.25, -0.2) is 9.37 Å². The van der Waals surface area contributed by atoms with Crippen molar-refractivity contribution in [3.8, 4) is 0 Å². The second kappa shape index (κ2) is 6.73. The lowest BCUT2D eigenvalue weighted by atomic mass is 9.92. The molecule has 1 aromatic carbocycles. The summed E-state index contributed by atoms with van der Waals surface area (Å²) in [6.45, 7) is 2.87. The van der Waals surface area contributed by atoms with E-state index in [4.69, 9.17) is 4.74 Å². The number of nitrogens with zero attached hydrogens (tertiary/aromatic N) is 3. The molecule has 6 heteroatoms. The molecular formula is C18H22FN3O2. The summed E-state index contributed by atoms with van der Waals surface area (Å²) in [5.41, 5.74) is -1.04. The van der Waals surface area contributed by atoms with E-state index >= 15 is 0 Å². The molecule has 5 nitrogen and oxygen atoms in total. The Hall–Kier alpha value is -2.21. The number of hydrogen-bond acceptors (Lipinski definition) is 3. The molecule has 1 aromatic heterocycles. The van der Waals surface area contributed by atoms with Crippen molar-refractivity contribution in [1.82, 2.24) is 14.5 Å². The minimum atomic E-state index is -1.31. The van der Waals surface area contributed by atoms with E-state index in [-0.39, 0.29) is 11.5 Å². The zero-order valence-corrected chi connectivity index (χ0v) is 14.0. The van der Waals surface area contributed by atoms with Gasteiger partial charge >= 0.3 is 0 Å². The van der Waals surface area contributed by atoms with Crippen LogP contribution in [0.1, 0.15) is 31.4 Å². The molecule has 0 saturated carbocycles. The lowest BCUT2D eigenvalue weighted by Gasteiger charge is -2.38. The normalized spacial score (nSPS) is 18.4. The number of piperidine rings is 1. The molecule has 0 N–H and O–H groups in total. The topological polar surface area (TPSA) is 47.4 Å². The highest BCUT2D eigenvalue weighted by Gasteiger charge is 2.41. The Morgan fingerprint density at radius 1 is 1.33 bits per heavy atom. The molecule has 1 atom stereocenters. The summed E-state index contributed by atoms with van der Waals surface area (Å²) in [5, 5.41) is 0. The highest BCUT2D eigenvalue weighted by Crippen LogP contribution is 2.31. The van der Waals surface area contributed by atoms with Crippen LogP contribution in [-0.2, 0) is 15.1 Å². The van der Waals surface area contributed by atoms with Crippen LogP contribution in [0.25, 0.3) is 0 Å². The summed E-state index contributed by atoms with van der Waals surface area (Å²) < 4.78 is 21.7. The van der Waals surface area contributed by atoms with Gasteiger partial charge in [-0.3, -0.25) is 4.79 Å². The fourth-order valence-corrected chi connectivity index (χ4v) is 3.31. The first-order chi connectivity index (χ1) is 11.6. The molecule has 1 amide bonds. The second-order valence-corrected chi connectivity index (χ2v) is 6.25. The minimum Gasteiger partial charge on any atom is -0.364 e. The number of amides is 1. The summed E-state index contributed by atoms with van der Waals surface area (Å²) in [7, 11) is 1.45. The maximum absolute atomic E-state index is 14.2. The smallest absolute Gasteiger partial charge is 0.259 e. The Labute approximate surface area is 141 Å². The van der Waals surface area contributed by atoms with Crippen LogP contribution in [0.4, 0.5) is 4.39 Å². The third-order valence-corrected chi connectivity index (χ3v) is 4.90. The van der Waals surface area contributed by atoms with Gasteiger partial charge in [0.05, 0.1) is 6.33 Å². The summed E-state index contributed by atoms with van der Waals surface area (Å²) in [5.74, 6) is -0.623. The van der Waals surface area contributed by atoms with Crippen LogP contribution in [0.3, 0.4) is 0 Å². The van der Waals surface area contributed by atoms with Crippen molar-refractivity contribution in [2.24, 2.45) is 0 Å². The summed E-state index contributed by atoms with van der Waals surface area (Å²) in [4.78, 5) is 18.9. The van der Waals surface area contributed by atoms with E-state index in [1.54, 1.807) is 42.5 Å². The number of ether oxygens (including phenoxy) is 1. The third kappa shape index (κ3) is 2.94. The van der Waals surface area contributed by atoms with Gasteiger partial charge in [0, 0.05) is 44.2 Å². The monoisotopic (exact) mass is 331 g/mol. The number of rotatable bonds is 4. The molecule has 1 fully saturated rings. The van der Waals surface area contributed by atoms with Crippen LogP contribution in [0, 0.1) is 5.82 Å². The molecule has 24 heavy (non-hydrogen) atoms. The summed E-state index contributed by atoms with van der Waals surface area (Å²) in [6.07, 6.45) is 7.21. The molecule has 0 unspecified atom stereocenters. The number of carbonyl (C=O) groups is 1. The molecule has 2 aromatic rings. The Bertz CT molecular complexity index is 696. The Kier molecular flexibility index (Phi) is 4.66. The fraction of sp³-hybridized carbons (Fsp3) is 0.444. The molecule has 0 spiro atoms. The van der Waals surface area contributed by atoms with E-state index in [1.165, 1.54) is 13.2 Å². The van der Waals surface area contributed by atoms with Gasteiger partial charge in [-0.1, -0.05) is 18.2 Å². The lowest BCUT2D eigenvalue weighted by molar-refractivity contribution is -0.156. The molecule has 3 rings (SSSR count). The van der Waals surface area contributed by atoms with Crippen molar-refractivity contribution in [3.05, 3.63) is 54.4 Å². The van der Waals surface area contributed by atoms with Gasteiger partial charge in [-0.2, -0.15) is 0 Å². The molecule has 0 aliphatic carbocycles. The molecule has 1 aliphatic heterocycles. The first-order valence-electron chi connectivity index (χ1n) is 8.13. The largest absolute Gasteiger partial charge is 0.364 e. The van der Waals surface area contributed by atoms with Gasteiger partial charge in [0.15, 0.2) is 5.60 Å². The predicted octanol–water partition coefficient (Wildman–Crippen LogP) is 2.75. The number of halogens is 1. The van der Waals surface area contributed by atoms with E-state index in [9.17, 15) is 9.18 Å². The maximum Gasteiger partial charge on any atom is 0.259 e. The second-order valence-electron chi connectivity index (χ2n) is 6.25. The van der Waals surface area contributed by atoms with Gasteiger partial charge in [-0.15, -0.1) is 0 Å². The molecule has 1 aliphatic rings. The highest BCUT2D eigenvalue weighted by molar-refractivity contribution is 5.86. The Morgan fingerprint density at radius 2 is 2.04 bits per heavy atom. The van der Waals surface area contributed by atoms with Crippen molar-refractivity contribution >= 4 is 5.91 Å². The molecule has 128 valence electrons. The van der Waals surface area contributed by atoms with Crippen molar-refractivity contribution in [1.29, 1.82) is 0 Å². The van der Waals surface area contributed by atoms with Crippen molar-refractivity contribution in [2.75, 3.05) is 20.2 Å². The number of carbonyl (C=O) groups excluding carboxylic acids is 1. The van der Waals surface area contributed by atoms with Gasteiger partial charge in [0.2, 0.25) is 0 Å². The van der Waals surface area contributed by atoms with Gasteiger partial charge in [-0.05, 0) is 25.8 Å². The van der Waals surface area contributed by atoms with E-state index in [0.717, 1.165) is 12.8 Å². The Balaban J connectivity index is 1.75. The molecule has 1 saturated heterocycles. The van der Waals surface area contributed by atoms with Gasteiger partial charge < -0.3 is 14.2 Å². The van der Waals surface area contributed by atoms with Gasteiger partial charge in [0.1, 0.15) is 5.82 Å². The fourth-order valence-electron chi connectivity index (χ4n) is 3.31. The van der Waals surface area contributed by atoms with E-state index < -0.39 is 11.4 Å². The molecule has 0 radical (unpaired) electrons. The molecule has 2 heterocycles. The van der Waals surface area contributed by atoms with Gasteiger partial charge in [0.25, 0.3) is 5.91 Å². The van der Waals surface area contributed by atoms with E-state index in [1.807, 2.05) is 6.20 Å². The number of likely N-dealkylation sites (tertiary alicyclic amines) is 1. The summed E-state index contributed by atoms with van der Waals surface area (Å²) >= 11 is 0. The number of benzene rings is 1. The number of imidazole rings is 1. The quantitative estimate of drug-likeness (QED) is 0.865. The molecule has 0 bridgehead atoms. The van der Waals surface area contributed by atoms with E-state index in [0.29, 0.717) is 19.1 Å². The first-order valence-corrected chi connectivity index (χ1v) is 8.13. The minimum absolute atomic E-state index is 0.195.